The van der Waals surface area contributed by atoms with Crippen molar-refractivity contribution in [2.24, 2.45) is 0 Å². The van der Waals surface area contributed by atoms with E-state index in [2.05, 4.69) is 5.32 Å². The lowest BCUT2D eigenvalue weighted by atomic mass is 10.3. The maximum Gasteiger partial charge on any atom is 0.211 e. The van der Waals surface area contributed by atoms with Gasteiger partial charge in [-0.2, -0.15) is 0 Å². The molecule has 5 heteroatoms. The van der Waals surface area contributed by atoms with Crippen molar-refractivity contribution in [3.8, 4) is 0 Å². The number of rotatable bonds is 4. The van der Waals surface area contributed by atoms with Crippen molar-refractivity contribution in [1.82, 2.24) is 0 Å². The predicted molar refractivity (Wildman–Crippen MR) is 56.3 cm³/mol. The molecule has 0 saturated heterocycles. The highest BCUT2D eigenvalue weighted by Crippen LogP contribution is 2.33. The van der Waals surface area contributed by atoms with Crippen LogP contribution in [0, 0.1) is 0 Å². The van der Waals surface area contributed by atoms with Gasteiger partial charge in [-0.25, -0.2) is 8.42 Å². The molecule has 0 spiro atoms. The first-order chi connectivity index (χ1) is 7.14. The van der Waals surface area contributed by atoms with Gasteiger partial charge in [-0.15, -0.1) is 0 Å². The molecule has 2 rings (SSSR count). The summed E-state index contributed by atoms with van der Waals surface area (Å²) < 4.78 is 23.5. The summed E-state index contributed by atoms with van der Waals surface area (Å²) in [4.78, 5) is 10.5. The number of amides is 1. The molecule has 4 nitrogen and oxygen atoms in total. The summed E-state index contributed by atoms with van der Waals surface area (Å²) in [5.74, 6) is 0. The van der Waals surface area contributed by atoms with Gasteiger partial charge in [-0.3, -0.25) is 4.79 Å². The molecule has 1 aromatic rings. The Kier molecular flexibility index (Phi) is 2.48. The quantitative estimate of drug-likeness (QED) is 0.783. The van der Waals surface area contributed by atoms with Crippen molar-refractivity contribution in [2.75, 3.05) is 5.32 Å². The summed E-state index contributed by atoms with van der Waals surface area (Å²) in [5.41, 5.74) is 0.597. The molecule has 15 heavy (non-hydrogen) atoms. The third-order valence-electron chi connectivity index (χ3n) is 2.37. The fourth-order valence-electron chi connectivity index (χ4n) is 1.38. The molecule has 0 heterocycles. The molecule has 1 saturated carbocycles. The van der Waals surface area contributed by atoms with E-state index in [0.29, 0.717) is 17.0 Å². The van der Waals surface area contributed by atoms with E-state index in [-0.39, 0.29) is 5.25 Å². The van der Waals surface area contributed by atoms with Crippen LogP contribution in [0.3, 0.4) is 0 Å². The van der Waals surface area contributed by atoms with Crippen LogP contribution in [0.15, 0.2) is 29.2 Å². The van der Waals surface area contributed by atoms with E-state index >= 15 is 0 Å². The maximum atomic E-state index is 11.8. The highest BCUT2D eigenvalue weighted by atomic mass is 32.2. The Bertz CT molecular complexity index is 460. The standard InChI is InChI=1S/C10H11NO3S/c12-7-11-8-1-3-9(4-2-8)15(13,14)10-5-6-10/h1-4,7,10H,5-6H2,(H,11,12). The number of benzene rings is 1. The molecule has 1 aliphatic carbocycles. The first-order valence-electron chi connectivity index (χ1n) is 4.69. The van der Waals surface area contributed by atoms with Gasteiger partial charge < -0.3 is 5.32 Å². The van der Waals surface area contributed by atoms with E-state index in [1.807, 2.05) is 0 Å². The average Bonchev–Trinajstić information content (AvgIpc) is 3.02. The second-order valence-electron chi connectivity index (χ2n) is 3.53. The van der Waals surface area contributed by atoms with Crippen molar-refractivity contribution in [1.29, 1.82) is 0 Å². The minimum Gasteiger partial charge on any atom is -0.329 e. The number of sulfone groups is 1. The molecule has 1 amide bonds. The first kappa shape index (κ1) is 10.2. The van der Waals surface area contributed by atoms with Crippen molar-refractivity contribution in [3.63, 3.8) is 0 Å². The Morgan fingerprint density at radius 1 is 1.20 bits per heavy atom. The van der Waals surface area contributed by atoms with E-state index in [0.717, 1.165) is 12.8 Å². The van der Waals surface area contributed by atoms with Crippen molar-refractivity contribution >= 4 is 21.9 Å². The van der Waals surface area contributed by atoms with E-state index in [4.69, 9.17) is 0 Å². The van der Waals surface area contributed by atoms with Gasteiger partial charge in [-0.05, 0) is 37.1 Å². The lowest BCUT2D eigenvalue weighted by Gasteiger charge is -2.03. The molecule has 80 valence electrons. The molecule has 0 unspecified atom stereocenters. The molecule has 0 aliphatic heterocycles. The second kappa shape index (κ2) is 3.66. The number of carbonyl (C=O) groups excluding carboxylic acids is 1. The van der Waals surface area contributed by atoms with E-state index in [1.165, 1.54) is 12.1 Å². The summed E-state index contributed by atoms with van der Waals surface area (Å²) >= 11 is 0. The van der Waals surface area contributed by atoms with Crippen LogP contribution in [0.5, 0.6) is 0 Å². The molecule has 0 atom stereocenters. The van der Waals surface area contributed by atoms with Gasteiger partial charge in [0, 0.05) is 5.69 Å². The van der Waals surface area contributed by atoms with Crippen LogP contribution in [0.1, 0.15) is 12.8 Å². The third kappa shape index (κ3) is 2.02. The summed E-state index contributed by atoms with van der Waals surface area (Å²) in [6, 6.07) is 6.23. The molecular weight excluding hydrogens is 214 g/mol. The molecule has 0 bridgehead atoms. The largest absolute Gasteiger partial charge is 0.329 e. The topological polar surface area (TPSA) is 63.2 Å². The monoisotopic (exact) mass is 225 g/mol. The normalized spacial score (nSPS) is 16.0. The molecule has 1 fully saturated rings. The summed E-state index contributed by atoms with van der Waals surface area (Å²) in [5, 5.41) is 2.26. The SMILES string of the molecule is O=CNc1ccc(S(=O)(=O)C2CC2)cc1. The fourth-order valence-corrected chi connectivity index (χ4v) is 3.04. The highest BCUT2D eigenvalue weighted by molar-refractivity contribution is 7.92. The Labute approximate surface area is 88.2 Å². The van der Waals surface area contributed by atoms with Crippen molar-refractivity contribution in [2.45, 2.75) is 23.0 Å². The van der Waals surface area contributed by atoms with Crippen LogP contribution < -0.4 is 5.32 Å². The van der Waals surface area contributed by atoms with E-state index in [9.17, 15) is 13.2 Å². The number of anilines is 1. The van der Waals surface area contributed by atoms with E-state index in [1.54, 1.807) is 12.1 Å². The van der Waals surface area contributed by atoms with Crippen LogP contribution in [-0.2, 0) is 14.6 Å². The molecule has 0 radical (unpaired) electrons. The summed E-state index contributed by atoms with van der Waals surface area (Å²) in [6.45, 7) is 0. The highest BCUT2D eigenvalue weighted by Gasteiger charge is 2.36. The van der Waals surface area contributed by atoms with Gasteiger partial charge in [0.05, 0.1) is 10.1 Å². The van der Waals surface area contributed by atoms with Gasteiger partial charge >= 0.3 is 0 Å². The number of nitrogens with one attached hydrogen (secondary N) is 1. The predicted octanol–water partition coefficient (Wildman–Crippen LogP) is 1.19. The Morgan fingerprint density at radius 3 is 2.27 bits per heavy atom. The molecule has 1 aliphatic rings. The summed E-state index contributed by atoms with van der Waals surface area (Å²) in [7, 11) is -3.11. The van der Waals surface area contributed by atoms with Crippen LogP contribution in [0.4, 0.5) is 5.69 Å². The van der Waals surface area contributed by atoms with Crippen molar-refractivity contribution in [3.05, 3.63) is 24.3 Å². The minimum absolute atomic E-state index is 0.192. The lowest BCUT2D eigenvalue weighted by molar-refractivity contribution is -0.105. The zero-order valence-electron chi connectivity index (χ0n) is 8.01. The molecular formula is C10H11NO3S. The van der Waals surface area contributed by atoms with Crippen LogP contribution >= 0.6 is 0 Å². The Balaban J connectivity index is 2.26. The van der Waals surface area contributed by atoms with Crippen LogP contribution in [0.2, 0.25) is 0 Å². The zero-order chi connectivity index (χ0) is 10.9. The van der Waals surface area contributed by atoms with Crippen LogP contribution in [-0.4, -0.2) is 20.1 Å². The van der Waals surface area contributed by atoms with Crippen molar-refractivity contribution < 1.29 is 13.2 Å². The molecule has 1 N–H and O–H groups in total. The minimum atomic E-state index is -3.11. The van der Waals surface area contributed by atoms with Gasteiger partial charge in [0.1, 0.15) is 0 Å². The summed E-state index contributed by atoms with van der Waals surface area (Å²) in [6.07, 6.45) is 2.08. The number of hydrogen-bond acceptors (Lipinski definition) is 3. The van der Waals surface area contributed by atoms with Crippen LogP contribution in [0.25, 0.3) is 0 Å². The van der Waals surface area contributed by atoms with Gasteiger partial charge in [0.25, 0.3) is 0 Å². The van der Waals surface area contributed by atoms with Gasteiger partial charge in [0.15, 0.2) is 9.84 Å². The lowest BCUT2D eigenvalue weighted by Crippen LogP contribution is -2.06. The van der Waals surface area contributed by atoms with Gasteiger partial charge in [-0.1, -0.05) is 0 Å². The first-order valence-corrected chi connectivity index (χ1v) is 6.23. The smallest absolute Gasteiger partial charge is 0.211 e. The zero-order valence-corrected chi connectivity index (χ0v) is 8.83. The fraction of sp³-hybridized carbons (Fsp3) is 0.300. The Morgan fingerprint density at radius 2 is 1.80 bits per heavy atom. The average molecular weight is 225 g/mol. The Hall–Kier alpha value is -1.36. The maximum absolute atomic E-state index is 11.8. The van der Waals surface area contributed by atoms with Gasteiger partial charge in [0.2, 0.25) is 6.41 Å². The third-order valence-corrected chi connectivity index (χ3v) is 4.65. The number of hydrogen-bond donors (Lipinski definition) is 1. The second-order valence-corrected chi connectivity index (χ2v) is 5.76. The molecule has 1 aromatic carbocycles. The number of carbonyl (C=O) groups is 1. The molecule has 0 aromatic heterocycles. The van der Waals surface area contributed by atoms with E-state index < -0.39 is 9.84 Å².